The van der Waals surface area contributed by atoms with E-state index in [0.717, 1.165) is 37.2 Å². The van der Waals surface area contributed by atoms with E-state index in [4.69, 9.17) is 9.84 Å². The van der Waals surface area contributed by atoms with Crippen molar-refractivity contribution < 1.29 is 14.6 Å². The number of amides is 1. The minimum Gasteiger partial charge on any atom is -0.396 e. The molecule has 4 rings (SSSR count). The molecule has 0 saturated carbocycles. The van der Waals surface area contributed by atoms with Gasteiger partial charge in [-0.25, -0.2) is 0 Å². The summed E-state index contributed by atoms with van der Waals surface area (Å²) in [6, 6.07) is 6.13. The van der Waals surface area contributed by atoms with Gasteiger partial charge in [0.1, 0.15) is 5.60 Å². The van der Waals surface area contributed by atoms with E-state index in [2.05, 4.69) is 15.2 Å². The van der Waals surface area contributed by atoms with Crippen molar-refractivity contribution in [2.75, 3.05) is 37.7 Å². The Hall–Kier alpha value is -1.96. The smallest absolute Gasteiger partial charge is 0.261 e. The Bertz CT molecular complexity index is 785. The summed E-state index contributed by atoms with van der Waals surface area (Å²) in [4.78, 5) is 20.9. The van der Waals surface area contributed by atoms with Crippen molar-refractivity contribution in [1.82, 2.24) is 10.3 Å². The van der Waals surface area contributed by atoms with E-state index < -0.39 is 0 Å². The zero-order chi connectivity index (χ0) is 18.7. The van der Waals surface area contributed by atoms with Crippen molar-refractivity contribution in [1.29, 1.82) is 0 Å². The number of fused-ring (bicyclic) bond motifs is 2. The van der Waals surface area contributed by atoms with Gasteiger partial charge in [0.25, 0.3) is 5.91 Å². The lowest BCUT2D eigenvalue weighted by molar-refractivity contribution is -0.0735. The molecule has 1 spiro atoms. The van der Waals surface area contributed by atoms with Crippen LogP contribution < -0.4 is 10.2 Å². The maximum Gasteiger partial charge on any atom is 0.261 e. The Labute approximate surface area is 163 Å². The number of carbonyl (C=O) groups excluding carboxylic acids is 1. The van der Waals surface area contributed by atoms with Crippen LogP contribution in [0.4, 0.5) is 5.69 Å². The third-order valence-corrected chi connectivity index (χ3v) is 6.78. The molecule has 4 heterocycles. The molecule has 2 aliphatic rings. The van der Waals surface area contributed by atoms with Gasteiger partial charge in [0.05, 0.1) is 11.5 Å². The molecule has 2 aliphatic heterocycles. The molecule has 2 aromatic heterocycles. The van der Waals surface area contributed by atoms with Crippen LogP contribution in [0, 0.1) is 0 Å². The quantitative estimate of drug-likeness (QED) is 0.770. The number of aliphatic hydroxyl groups excluding tert-OH is 1. The largest absolute Gasteiger partial charge is 0.396 e. The number of aromatic nitrogens is 1. The molecular weight excluding hydrogens is 362 g/mol. The molecule has 2 aromatic rings. The molecule has 0 unspecified atom stereocenters. The number of thiophene rings is 1. The second-order valence-corrected chi connectivity index (χ2v) is 8.14. The Morgan fingerprint density at radius 2 is 2.11 bits per heavy atom. The van der Waals surface area contributed by atoms with Crippen LogP contribution >= 0.6 is 11.3 Å². The highest BCUT2D eigenvalue weighted by Crippen LogP contribution is 2.45. The standard InChI is InChI=1S/C20H25N3O3S/c24-12-1-7-22-19(25)17-14-15-4-13-26-20(18(15)27-17)5-10-23(11-6-20)16-2-8-21-9-3-16/h2-3,8-9,14,24H,1,4-7,10-13H2,(H,22,25). The molecule has 27 heavy (non-hydrogen) atoms. The number of carbonyl (C=O) groups is 1. The number of nitrogens with zero attached hydrogens (tertiary/aromatic N) is 2. The molecule has 6 nitrogen and oxygen atoms in total. The first kappa shape index (κ1) is 18.4. The predicted molar refractivity (Wildman–Crippen MR) is 105 cm³/mol. The molecule has 0 radical (unpaired) electrons. The van der Waals surface area contributed by atoms with Gasteiger partial charge in [-0.1, -0.05) is 0 Å². The van der Waals surface area contributed by atoms with Gasteiger partial charge in [0.2, 0.25) is 0 Å². The fourth-order valence-corrected chi connectivity index (χ4v) is 5.28. The highest BCUT2D eigenvalue weighted by atomic mass is 32.1. The lowest BCUT2D eigenvalue weighted by atomic mass is 9.85. The van der Waals surface area contributed by atoms with E-state index in [0.29, 0.717) is 19.6 Å². The van der Waals surface area contributed by atoms with Gasteiger partial charge in [-0.3, -0.25) is 9.78 Å². The van der Waals surface area contributed by atoms with Crippen molar-refractivity contribution in [2.45, 2.75) is 31.3 Å². The first-order valence-electron chi connectivity index (χ1n) is 9.53. The minimum atomic E-state index is -0.259. The first-order valence-corrected chi connectivity index (χ1v) is 10.3. The van der Waals surface area contributed by atoms with E-state index >= 15 is 0 Å². The van der Waals surface area contributed by atoms with Crippen molar-refractivity contribution in [2.24, 2.45) is 0 Å². The number of hydrogen-bond donors (Lipinski definition) is 2. The summed E-state index contributed by atoms with van der Waals surface area (Å²) in [5.74, 6) is -0.0489. The van der Waals surface area contributed by atoms with Crippen LogP contribution in [-0.2, 0) is 16.8 Å². The Kier molecular flexibility index (Phi) is 5.43. The highest BCUT2D eigenvalue weighted by Gasteiger charge is 2.42. The van der Waals surface area contributed by atoms with Crippen LogP contribution in [-0.4, -0.2) is 48.8 Å². The third-order valence-electron chi connectivity index (χ3n) is 5.42. The Morgan fingerprint density at radius 1 is 1.33 bits per heavy atom. The highest BCUT2D eigenvalue weighted by molar-refractivity contribution is 7.14. The van der Waals surface area contributed by atoms with Crippen molar-refractivity contribution in [3.63, 3.8) is 0 Å². The van der Waals surface area contributed by atoms with Gasteiger partial charge >= 0.3 is 0 Å². The number of rotatable bonds is 5. The number of aliphatic hydroxyl groups is 1. The second-order valence-electron chi connectivity index (χ2n) is 7.08. The molecule has 0 bridgehead atoms. The first-order chi connectivity index (χ1) is 13.2. The van der Waals surface area contributed by atoms with Gasteiger partial charge in [-0.15, -0.1) is 11.3 Å². The predicted octanol–water partition coefficient (Wildman–Crippen LogP) is 2.32. The summed E-state index contributed by atoms with van der Waals surface area (Å²) in [6.07, 6.45) is 6.95. The lowest BCUT2D eigenvalue weighted by Crippen LogP contribution is -2.46. The van der Waals surface area contributed by atoms with Crippen LogP contribution in [0.3, 0.4) is 0 Å². The molecular formula is C20H25N3O3S. The maximum absolute atomic E-state index is 12.4. The molecule has 1 saturated heterocycles. The number of nitrogens with one attached hydrogen (secondary N) is 1. The number of hydrogen-bond acceptors (Lipinski definition) is 6. The fraction of sp³-hybridized carbons (Fsp3) is 0.500. The normalized spacial score (nSPS) is 18.3. The average Bonchev–Trinajstić information content (AvgIpc) is 3.16. The van der Waals surface area contributed by atoms with Crippen LogP contribution in [0.15, 0.2) is 30.6 Å². The summed E-state index contributed by atoms with van der Waals surface area (Å²) in [7, 11) is 0. The number of ether oxygens (including phenoxy) is 1. The Morgan fingerprint density at radius 3 is 2.85 bits per heavy atom. The lowest BCUT2D eigenvalue weighted by Gasteiger charge is -2.44. The molecule has 1 fully saturated rings. The summed E-state index contributed by atoms with van der Waals surface area (Å²) in [6.45, 7) is 3.16. The van der Waals surface area contributed by atoms with E-state index in [1.807, 2.05) is 30.6 Å². The average molecular weight is 388 g/mol. The molecule has 0 atom stereocenters. The number of piperidine rings is 1. The Balaban J connectivity index is 1.49. The van der Waals surface area contributed by atoms with Gasteiger partial charge < -0.3 is 20.1 Å². The van der Waals surface area contributed by atoms with E-state index in [1.165, 1.54) is 16.1 Å². The monoisotopic (exact) mass is 387 g/mol. The van der Waals surface area contributed by atoms with Crippen LogP contribution in [0.25, 0.3) is 0 Å². The van der Waals surface area contributed by atoms with Crippen LogP contribution in [0.2, 0.25) is 0 Å². The van der Waals surface area contributed by atoms with Gasteiger partial charge in [-0.05, 0) is 49.4 Å². The van der Waals surface area contributed by atoms with E-state index in [1.54, 1.807) is 11.3 Å². The number of pyridine rings is 1. The van der Waals surface area contributed by atoms with Crippen molar-refractivity contribution >= 4 is 22.9 Å². The summed E-state index contributed by atoms with van der Waals surface area (Å²) in [5.41, 5.74) is 2.20. The maximum atomic E-state index is 12.4. The zero-order valence-electron chi connectivity index (χ0n) is 15.3. The summed E-state index contributed by atoms with van der Waals surface area (Å²) in [5, 5.41) is 11.8. The van der Waals surface area contributed by atoms with Crippen LogP contribution in [0.5, 0.6) is 0 Å². The van der Waals surface area contributed by atoms with Gasteiger partial charge in [0.15, 0.2) is 0 Å². The third kappa shape index (κ3) is 3.72. The zero-order valence-corrected chi connectivity index (χ0v) is 16.1. The minimum absolute atomic E-state index is 0.0489. The number of anilines is 1. The van der Waals surface area contributed by atoms with Gasteiger partial charge in [0, 0.05) is 49.2 Å². The molecule has 0 aliphatic carbocycles. The van der Waals surface area contributed by atoms with E-state index in [-0.39, 0.29) is 18.1 Å². The van der Waals surface area contributed by atoms with Crippen molar-refractivity contribution in [3.8, 4) is 0 Å². The summed E-state index contributed by atoms with van der Waals surface area (Å²) >= 11 is 1.58. The topological polar surface area (TPSA) is 74.7 Å². The van der Waals surface area contributed by atoms with Gasteiger partial charge in [-0.2, -0.15) is 0 Å². The SMILES string of the molecule is O=C(NCCCO)c1cc2c(s1)C1(CCN(c3ccncc3)CC1)OCC2. The second kappa shape index (κ2) is 7.96. The van der Waals surface area contributed by atoms with Crippen molar-refractivity contribution in [3.05, 3.63) is 45.9 Å². The van der Waals surface area contributed by atoms with Crippen LogP contribution in [0.1, 0.15) is 39.4 Å². The molecule has 2 N–H and O–H groups in total. The molecule has 7 heteroatoms. The molecule has 0 aromatic carbocycles. The summed E-state index contributed by atoms with van der Waals surface area (Å²) < 4.78 is 6.32. The van der Waals surface area contributed by atoms with E-state index in [9.17, 15) is 4.79 Å². The molecule has 1 amide bonds. The fourth-order valence-electron chi connectivity index (χ4n) is 3.95. The molecule has 144 valence electrons.